The van der Waals surface area contributed by atoms with Crippen LogP contribution >= 0.6 is 0 Å². The first kappa shape index (κ1) is 14.6. The maximum atomic E-state index is 2.98. The van der Waals surface area contributed by atoms with E-state index in [4.69, 9.17) is 0 Å². The van der Waals surface area contributed by atoms with E-state index in [0.717, 1.165) is 0 Å². The number of hydrogen-bond acceptors (Lipinski definition) is 1. The molecule has 0 amide bonds. The Bertz CT molecular complexity index is 136. The third kappa shape index (κ3) is 4.73. The molecule has 0 heterocycles. The molecule has 0 saturated heterocycles. The van der Waals surface area contributed by atoms with Gasteiger partial charge in [-0.15, -0.1) is 0 Å². The van der Waals surface area contributed by atoms with Crippen molar-refractivity contribution in [2.45, 2.75) is 55.9 Å². The van der Waals surface area contributed by atoms with Gasteiger partial charge in [-0.05, 0) is 0 Å². The van der Waals surface area contributed by atoms with Crippen molar-refractivity contribution >= 4 is 37.3 Å². The fourth-order valence-electron chi connectivity index (χ4n) is 3.02. The van der Waals surface area contributed by atoms with Crippen molar-refractivity contribution in [2.75, 3.05) is 0 Å². The summed E-state index contributed by atoms with van der Waals surface area (Å²) >= 11 is -3.74. The Kier molecular flexibility index (Phi) is 4.70. The normalized spacial score (nSPS) is 15.2. The van der Waals surface area contributed by atoms with Gasteiger partial charge in [-0.25, -0.2) is 0 Å². The summed E-state index contributed by atoms with van der Waals surface area (Å²) in [5.41, 5.74) is 0.405. The molecule has 0 aromatic carbocycles. The summed E-state index contributed by atoms with van der Waals surface area (Å²) < 4.78 is 2.98. The zero-order valence-corrected chi connectivity index (χ0v) is 16.7. The zero-order valence-electron chi connectivity index (χ0n) is 10.9. The predicted molar refractivity (Wildman–Crippen MR) is 68.3 cm³/mol. The Hall–Kier alpha value is 1.56. The van der Waals surface area contributed by atoms with Crippen LogP contribution in [0.25, 0.3) is 0 Å². The van der Waals surface area contributed by atoms with Gasteiger partial charge in [0.1, 0.15) is 0 Å². The summed E-state index contributed by atoms with van der Waals surface area (Å²) in [7, 11) is 0. The SMILES string of the molecule is CC(C)(C)[N]([Sn]([CH3])([CH3])[CH3])[Sn]([CH3])([CH3])[CH3]. The molecule has 0 atom stereocenters. The van der Waals surface area contributed by atoms with Crippen molar-refractivity contribution in [2.24, 2.45) is 0 Å². The topological polar surface area (TPSA) is 3.24 Å². The van der Waals surface area contributed by atoms with Gasteiger partial charge in [0.05, 0.1) is 0 Å². The van der Waals surface area contributed by atoms with Crippen LogP contribution in [0.1, 0.15) is 20.8 Å². The van der Waals surface area contributed by atoms with Crippen molar-refractivity contribution < 1.29 is 0 Å². The average molecular weight is 399 g/mol. The van der Waals surface area contributed by atoms with Crippen molar-refractivity contribution in [3.05, 3.63) is 0 Å². The molecule has 0 fully saturated rings. The first-order valence-electron chi connectivity index (χ1n) is 5.17. The quantitative estimate of drug-likeness (QED) is 0.640. The van der Waals surface area contributed by atoms with Gasteiger partial charge in [0.15, 0.2) is 0 Å². The molecule has 0 radical (unpaired) electrons. The van der Waals surface area contributed by atoms with Crippen LogP contribution in [-0.2, 0) is 0 Å². The van der Waals surface area contributed by atoms with Gasteiger partial charge in [0.2, 0.25) is 0 Å². The second kappa shape index (κ2) is 4.20. The van der Waals surface area contributed by atoms with E-state index in [-0.39, 0.29) is 0 Å². The summed E-state index contributed by atoms with van der Waals surface area (Å²) in [6.45, 7) is 7.16. The summed E-state index contributed by atoms with van der Waals surface area (Å²) in [4.78, 5) is 15.3. The molecule has 1 nitrogen and oxygen atoms in total. The molecule has 0 saturated carbocycles. The van der Waals surface area contributed by atoms with Crippen LogP contribution in [0.15, 0.2) is 0 Å². The van der Waals surface area contributed by atoms with E-state index in [9.17, 15) is 0 Å². The number of nitrogens with zero attached hydrogens (tertiary/aromatic N) is 1. The van der Waals surface area contributed by atoms with Crippen molar-refractivity contribution in [3.63, 3.8) is 0 Å². The van der Waals surface area contributed by atoms with Crippen LogP contribution in [0, 0.1) is 0 Å². The van der Waals surface area contributed by atoms with Crippen LogP contribution in [0.5, 0.6) is 0 Å². The molecular weight excluding hydrogens is 372 g/mol. The fraction of sp³-hybridized carbons (Fsp3) is 1.00. The summed E-state index contributed by atoms with van der Waals surface area (Å²) in [6.07, 6.45) is 0. The van der Waals surface area contributed by atoms with E-state index in [1.54, 1.807) is 0 Å². The number of rotatable bonds is 2. The predicted octanol–water partition coefficient (Wildman–Crippen LogP) is 3.76. The monoisotopic (exact) mass is 401 g/mol. The van der Waals surface area contributed by atoms with Gasteiger partial charge in [-0.1, -0.05) is 0 Å². The third-order valence-electron chi connectivity index (χ3n) is 2.01. The molecule has 3 heteroatoms. The van der Waals surface area contributed by atoms with Crippen LogP contribution < -0.4 is 0 Å². The Morgan fingerprint density at radius 1 is 0.692 bits per heavy atom. The minimum absolute atomic E-state index is 0.405. The van der Waals surface area contributed by atoms with Crippen LogP contribution in [0.4, 0.5) is 0 Å². The van der Waals surface area contributed by atoms with Gasteiger partial charge in [-0.2, -0.15) is 0 Å². The third-order valence-corrected chi connectivity index (χ3v) is 39.2. The van der Waals surface area contributed by atoms with E-state index in [2.05, 4.69) is 51.8 Å². The maximum absolute atomic E-state index is 2.98. The molecule has 13 heavy (non-hydrogen) atoms. The van der Waals surface area contributed by atoms with Gasteiger partial charge >= 0.3 is 94.6 Å². The standard InChI is InChI=1S/C4H9N.6CH3.2Sn/c1-4(2,3)5;;;;;;;;/h1-3H3;6*1H3;;. The minimum atomic E-state index is -1.87. The molecule has 0 aliphatic heterocycles. The van der Waals surface area contributed by atoms with Gasteiger partial charge in [-0.3, -0.25) is 0 Å². The molecule has 0 aromatic rings. The average Bonchev–Trinajstić information content (AvgIpc) is 1.44. The van der Waals surface area contributed by atoms with Crippen LogP contribution in [-0.4, -0.2) is 44.2 Å². The first-order valence-corrected chi connectivity index (χ1v) is 24.8. The van der Waals surface area contributed by atoms with E-state index in [1.165, 1.54) is 0 Å². The summed E-state index contributed by atoms with van der Waals surface area (Å²) in [5, 5.41) is 0. The van der Waals surface area contributed by atoms with Crippen molar-refractivity contribution in [3.8, 4) is 0 Å². The fourth-order valence-corrected chi connectivity index (χ4v) is 58.8. The Morgan fingerprint density at radius 3 is 0.923 bits per heavy atom. The van der Waals surface area contributed by atoms with Crippen LogP contribution in [0.2, 0.25) is 29.6 Å². The second-order valence-electron chi connectivity index (χ2n) is 6.85. The summed E-state index contributed by atoms with van der Waals surface area (Å²) in [5.74, 6) is 0. The Balaban J connectivity index is 5.02. The summed E-state index contributed by atoms with van der Waals surface area (Å²) in [6, 6.07) is 0. The molecule has 0 aliphatic rings. The van der Waals surface area contributed by atoms with E-state index in [0.29, 0.717) is 5.54 Å². The molecule has 0 rings (SSSR count). The molecule has 0 aliphatic carbocycles. The second-order valence-corrected chi connectivity index (χ2v) is 37.8. The van der Waals surface area contributed by atoms with Crippen molar-refractivity contribution in [1.82, 2.24) is 1.34 Å². The molecule has 0 spiro atoms. The van der Waals surface area contributed by atoms with E-state index in [1.807, 2.05) is 0 Å². The molecule has 0 aromatic heterocycles. The molecule has 80 valence electrons. The number of hydrogen-bond donors (Lipinski definition) is 0. The first-order chi connectivity index (χ1) is 5.37. The van der Waals surface area contributed by atoms with Crippen LogP contribution in [0.3, 0.4) is 0 Å². The van der Waals surface area contributed by atoms with Gasteiger partial charge < -0.3 is 0 Å². The van der Waals surface area contributed by atoms with E-state index < -0.39 is 37.3 Å². The Morgan fingerprint density at radius 2 is 0.923 bits per heavy atom. The zero-order chi connectivity index (χ0) is 11.1. The molecule has 0 bridgehead atoms. The Labute approximate surface area is 93.7 Å². The molecule has 0 unspecified atom stereocenters. The molecular formula is C10H27NSn2. The van der Waals surface area contributed by atoms with Gasteiger partial charge in [0, 0.05) is 0 Å². The van der Waals surface area contributed by atoms with E-state index >= 15 is 0 Å². The van der Waals surface area contributed by atoms with Crippen molar-refractivity contribution in [1.29, 1.82) is 0 Å². The molecule has 0 N–H and O–H groups in total. The van der Waals surface area contributed by atoms with Gasteiger partial charge in [0.25, 0.3) is 0 Å².